The van der Waals surface area contributed by atoms with Crippen LogP contribution in [0.1, 0.15) is 19.3 Å². The van der Waals surface area contributed by atoms with Crippen molar-refractivity contribution >= 4 is 0 Å². The van der Waals surface area contributed by atoms with Gasteiger partial charge in [-0.2, -0.15) is 0 Å². The third-order valence-electron chi connectivity index (χ3n) is 1.34. The Morgan fingerprint density at radius 1 is 1.44 bits per heavy atom. The maximum atomic E-state index is 8.80. The summed E-state index contributed by atoms with van der Waals surface area (Å²) in [5, 5.41) is 17.1. The zero-order valence-electron chi connectivity index (χ0n) is 5.80. The number of aliphatic hydroxyl groups excluding tert-OH is 2. The summed E-state index contributed by atoms with van der Waals surface area (Å²) in [6.07, 6.45) is 2.55. The molecule has 0 radical (unpaired) electrons. The molecule has 0 aromatic heterocycles. The third kappa shape index (κ3) is 3.99. The number of aliphatic hydroxyl groups is 2. The van der Waals surface area contributed by atoms with Crippen LogP contribution in [0.15, 0.2) is 0 Å². The molecule has 48 valence electrons. The van der Waals surface area contributed by atoms with E-state index in [1.54, 1.807) is 0 Å². The summed E-state index contributed by atoms with van der Waals surface area (Å²) < 4.78 is 0. The molecular weight excluding hydrogens is 111 g/mol. The van der Waals surface area contributed by atoms with Crippen molar-refractivity contribution in [3.05, 3.63) is 5.92 Å². The maximum Gasteiger partial charge on any atom is 1.00 e. The van der Waals surface area contributed by atoms with Crippen molar-refractivity contribution in [3.63, 3.8) is 0 Å². The fourth-order valence-electron chi connectivity index (χ4n) is 0.690. The van der Waals surface area contributed by atoms with Gasteiger partial charge in [0.1, 0.15) is 0 Å². The van der Waals surface area contributed by atoms with Crippen molar-refractivity contribution in [1.82, 2.24) is 0 Å². The Morgan fingerprint density at radius 2 is 2.00 bits per heavy atom. The van der Waals surface area contributed by atoms with E-state index < -0.39 is 6.10 Å². The molecule has 0 aromatic carbocycles. The predicted molar refractivity (Wildman–Crippen MR) is 30.2 cm³/mol. The minimum atomic E-state index is -0.493. The van der Waals surface area contributed by atoms with Crippen LogP contribution < -0.4 is 18.9 Å². The van der Waals surface area contributed by atoms with Crippen LogP contribution in [0.5, 0.6) is 0 Å². The average Bonchev–Trinajstić information content (AvgIpc) is 2.50. The summed E-state index contributed by atoms with van der Waals surface area (Å²) in [4.78, 5) is 0. The Labute approximate surface area is 67.4 Å². The van der Waals surface area contributed by atoms with Gasteiger partial charge in [-0.25, -0.2) is 12.8 Å². The van der Waals surface area contributed by atoms with Gasteiger partial charge in [-0.05, 0) is 0 Å². The predicted octanol–water partition coefficient (Wildman–Crippen LogP) is -2.90. The molecule has 1 rings (SSSR count). The van der Waals surface area contributed by atoms with Crippen LogP contribution in [-0.4, -0.2) is 22.9 Å². The topological polar surface area (TPSA) is 40.5 Å². The monoisotopic (exact) mass is 122 g/mol. The van der Waals surface area contributed by atoms with Crippen LogP contribution in [0, 0.1) is 5.92 Å². The standard InChI is InChI=1S/C6H11O2.Li/c7-4-6(8)3-5-1-2-5;/h6-8H,1-4H2;/q-1;+1. The summed E-state index contributed by atoms with van der Waals surface area (Å²) in [6.45, 7) is -0.0938. The molecule has 0 aromatic rings. The van der Waals surface area contributed by atoms with Gasteiger partial charge in [0.05, 0.1) is 12.7 Å². The van der Waals surface area contributed by atoms with E-state index in [0.29, 0.717) is 0 Å². The van der Waals surface area contributed by atoms with Crippen LogP contribution in [0.3, 0.4) is 0 Å². The summed E-state index contributed by atoms with van der Waals surface area (Å²) >= 11 is 0. The molecular formula is C6H11LiO2. The first kappa shape index (κ1) is 9.52. The molecule has 0 bridgehead atoms. The van der Waals surface area contributed by atoms with Gasteiger partial charge in [0.15, 0.2) is 0 Å². The van der Waals surface area contributed by atoms with Gasteiger partial charge >= 0.3 is 18.9 Å². The molecule has 0 heterocycles. The van der Waals surface area contributed by atoms with Crippen molar-refractivity contribution in [2.24, 2.45) is 0 Å². The van der Waals surface area contributed by atoms with E-state index in [9.17, 15) is 0 Å². The quantitative estimate of drug-likeness (QED) is 0.311. The summed E-state index contributed by atoms with van der Waals surface area (Å²) in [5.74, 6) is 1.39. The van der Waals surface area contributed by atoms with Crippen LogP contribution in [0.4, 0.5) is 0 Å². The molecule has 0 saturated heterocycles. The van der Waals surface area contributed by atoms with Gasteiger partial charge in [0.2, 0.25) is 0 Å². The van der Waals surface area contributed by atoms with Gasteiger partial charge in [-0.15, -0.1) is 6.42 Å². The van der Waals surface area contributed by atoms with Gasteiger partial charge in [-0.3, -0.25) is 0 Å². The first-order chi connectivity index (χ1) is 3.83. The molecule has 9 heavy (non-hydrogen) atoms. The van der Waals surface area contributed by atoms with E-state index in [4.69, 9.17) is 10.2 Å². The maximum absolute atomic E-state index is 8.80. The molecule has 2 nitrogen and oxygen atoms in total. The van der Waals surface area contributed by atoms with E-state index >= 15 is 0 Å². The van der Waals surface area contributed by atoms with Crippen molar-refractivity contribution in [2.75, 3.05) is 6.61 Å². The van der Waals surface area contributed by atoms with E-state index in [1.165, 1.54) is 5.92 Å². The SMILES string of the molecule is OCC(O)C[C-]1CC1.[Li+]. The second kappa shape index (κ2) is 4.35. The Morgan fingerprint density at radius 3 is 2.33 bits per heavy atom. The molecule has 0 amide bonds. The van der Waals surface area contributed by atoms with Crippen molar-refractivity contribution in [3.8, 4) is 0 Å². The molecule has 0 spiro atoms. The van der Waals surface area contributed by atoms with Crippen molar-refractivity contribution < 1.29 is 29.1 Å². The third-order valence-corrected chi connectivity index (χ3v) is 1.34. The molecule has 1 aliphatic carbocycles. The molecule has 1 atom stereocenters. The zero-order valence-corrected chi connectivity index (χ0v) is 5.80. The van der Waals surface area contributed by atoms with Gasteiger partial charge in [0, 0.05) is 0 Å². The van der Waals surface area contributed by atoms with Crippen LogP contribution >= 0.6 is 0 Å². The normalized spacial score (nSPS) is 20.7. The Kier molecular flexibility index (Phi) is 4.60. The molecule has 1 saturated carbocycles. The molecule has 2 N–H and O–H groups in total. The Bertz CT molecular complexity index is 73.5. The Hall–Kier alpha value is 0.517. The fourth-order valence-corrected chi connectivity index (χ4v) is 0.690. The molecule has 1 fully saturated rings. The van der Waals surface area contributed by atoms with Gasteiger partial charge in [0.25, 0.3) is 0 Å². The first-order valence-corrected chi connectivity index (χ1v) is 2.95. The zero-order chi connectivity index (χ0) is 5.98. The molecule has 1 unspecified atom stereocenters. The van der Waals surface area contributed by atoms with E-state index in [1.807, 2.05) is 0 Å². The molecule has 0 aliphatic heterocycles. The van der Waals surface area contributed by atoms with Gasteiger partial charge in [-0.1, -0.05) is 0 Å². The van der Waals surface area contributed by atoms with E-state index in [0.717, 1.165) is 19.3 Å². The fraction of sp³-hybridized carbons (Fsp3) is 0.833. The number of hydrogen-bond acceptors (Lipinski definition) is 2. The first-order valence-electron chi connectivity index (χ1n) is 2.95. The minimum Gasteiger partial charge on any atom is -0.394 e. The van der Waals surface area contributed by atoms with Gasteiger partial charge < -0.3 is 16.1 Å². The molecule has 1 aliphatic rings. The Balaban J connectivity index is 0.000000640. The van der Waals surface area contributed by atoms with Crippen LogP contribution in [0.2, 0.25) is 0 Å². The van der Waals surface area contributed by atoms with Crippen molar-refractivity contribution in [1.29, 1.82) is 0 Å². The number of hydrogen-bond donors (Lipinski definition) is 2. The summed E-state index contributed by atoms with van der Waals surface area (Å²) in [7, 11) is 0. The van der Waals surface area contributed by atoms with Crippen LogP contribution in [0.25, 0.3) is 0 Å². The minimum absolute atomic E-state index is 0. The van der Waals surface area contributed by atoms with E-state index in [-0.39, 0.29) is 25.5 Å². The molecule has 3 heteroatoms. The van der Waals surface area contributed by atoms with Crippen LogP contribution in [-0.2, 0) is 0 Å². The van der Waals surface area contributed by atoms with E-state index in [2.05, 4.69) is 0 Å². The average molecular weight is 122 g/mol. The second-order valence-corrected chi connectivity index (χ2v) is 2.29. The largest absolute Gasteiger partial charge is 1.00 e. The second-order valence-electron chi connectivity index (χ2n) is 2.29. The smallest absolute Gasteiger partial charge is 0.394 e. The summed E-state index contributed by atoms with van der Waals surface area (Å²) in [5.41, 5.74) is 0. The van der Waals surface area contributed by atoms with Crippen molar-refractivity contribution in [2.45, 2.75) is 25.4 Å². The summed E-state index contributed by atoms with van der Waals surface area (Å²) in [6, 6.07) is 0. The number of rotatable bonds is 3.